The first-order valence-electron chi connectivity index (χ1n) is 5.72. The van der Waals surface area contributed by atoms with Crippen LogP contribution in [-0.2, 0) is 0 Å². The summed E-state index contributed by atoms with van der Waals surface area (Å²) in [5.74, 6) is -0.272. The molecule has 0 aliphatic heterocycles. The number of nitrogens with zero attached hydrogens (tertiary/aromatic N) is 2. The second-order valence-corrected chi connectivity index (χ2v) is 3.68. The molecular weight excluding hydrogens is 262 g/mol. The summed E-state index contributed by atoms with van der Waals surface area (Å²) in [6, 6.07) is 1.72. The van der Waals surface area contributed by atoms with E-state index in [1.807, 2.05) is 0 Å². The van der Waals surface area contributed by atoms with E-state index in [9.17, 15) is 0 Å². The summed E-state index contributed by atoms with van der Waals surface area (Å²) in [5.41, 5.74) is 10.3. The average Bonchev–Trinajstić information content (AvgIpc) is 2.37. The molecule has 0 aromatic carbocycles. The summed E-state index contributed by atoms with van der Waals surface area (Å²) in [6.45, 7) is 0.783. The van der Waals surface area contributed by atoms with Gasteiger partial charge in [-0.15, -0.1) is 0 Å². The predicted octanol–water partition coefficient (Wildman–Crippen LogP) is -0.946. The molecule has 0 amide bonds. The van der Waals surface area contributed by atoms with Gasteiger partial charge in [0.1, 0.15) is 5.82 Å². The zero-order valence-corrected chi connectivity index (χ0v) is 10.7. The molecule has 0 aliphatic rings. The van der Waals surface area contributed by atoms with Gasteiger partial charge in [-0.05, 0) is 12.5 Å². The number of hydrogen-bond donors (Lipinski definition) is 7. The van der Waals surface area contributed by atoms with E-state index in [-0.39, 0.29) is 23.6 Å². The lowest BCUT2D eigenvalue weighted by molar-refractivity contribution is 0.287. The minimum absolute atomic E-state index is 0.117. The normalized spacial score (nSPS) is 9.60. The van der Waals surface area contributed by atoms with Crippen molar-refractivity contribution in [1.82, 2.24) is 15.3 Å². The smallest absolute Gasteiger partial charge is 0.318 e. The van der Waals surface area contributed by atoms with Crippen LogP contribution in [0.25, 0.3) is 0 Å². The quantitative estimate of drug-likeness (QED) is 0.199. The molecule has 0 saturated carbocycles. The van der Waals surface area contributed by atoms with Crippen LogP contribution in [0, 0.1) is 16.2 Å². The summed E-state index contributed by atoms with van der Waals surface area (Å²) in [5, 5.41) is 26.5. The Balaban J connectivity index is 2.30. The van der Waals surface area contributed by atoms with Crippen molar-refractivity contribution in [2.45, 2.75) is 6.42 Å². The van der Waals surface area contributed by atoms with Gasteiger partial charge < -0.3 is 26.8 Å². The first-order valence-corrected chi connectivity index (χ1v) is 5.72. The Bertz CT molecular complexity index is 501. The molecule has 9 N–H and O–H groups in total. The molecule has 0 aliphatic carbocycles. The molecule has 1 rings (SSSR count). The highest BCUT2D eigenvalue weighted by molar-refractivity contribution is 6.37. The Morgan fingerprint density at radius 1 is 1.30 bits per heavy atom. The van der Waals surface area contributed by atoms with E-state index in [4.69, 9.17) is 32.4 Å². The number of nitrogens with two attached hydrogens (primary N) is 2. The van der Waals surface area contributed by atoms with Gasteiger partial charge in [0.05, 0.1) is 6.61 Å². The third-order valence-corrected chi connectivity index (χ3v) is 2.02. The van der Waals surface area contributed by atoms with E-state index in [0.717, 1.165) is 0 Å². The third-order valence-electron chi connectivity index (χ3n) is 2.02. The second-order valence-electron chi connectivity index (χ2n) is 3.68. The molecule has 0 bridgehead atoms. The summed E-state index contributed by atoms with van der Waals surface area (Å²) < 4.78 is 5.30. The van der Waals surface area contributed by atoms with Gasteiger partial charge in [-0.2, -0.15) is 4.98 Å². The number of rotatable bonds is 6. The Labute approximate surface area is 115 Å². The molecule has 0 spiro atoms. The lowest BCUT2D eigenvalue weighted by Gasteiger charge is -2.08. The topological polar surface area (TPSA) is 183 Å². The standard InChI is InChI=1S/C10H17N9O/c11-7(12)8(13)16-3-1-5-20-10-17-4-2-6(19-10)18-9(14)15/h2,4H,1,3,5H2,(H3,11,12)(H2,13,16)(H4,14,15,17,18,19). The molecule has 1 heterocycles. The highest BCUT2D eigenvalue weighted by Gasteiger charge is 2.02. The number of hydrogen-bond acceptors (Lipinski definition) is 6. The first-order chi connectivity index (χ1) is 9.49. The maximum Gasteiger partial charge on any atom is 0.318 e. The number of ether oxygens (including phenoxy) is 1. The van der Waals surface area contributed by atoms with Crippen LogP contribution in [0.15, 0.2) is 12.3 Å². The molecule has 1 aromatic rings. The summed E-state index contributed by atoms with van der Waals surface area (Å²) >= 11 is 0. The van der Waals surface area contributed by atoms with Gasteiger partial charge >= 0.3 is 6.01 Å². The van der Waals surface area contributed by atoms with Gasteiger partial charge in [0, 0.05) is 12.7 Å². The number of amidine groups is 2. The molecule has 108 valence electrons. The second kappa shape index (κ2) is 7.51. The van der Waals surface area contributed by atoms with Crippen molar-refractivity contribution in [1.29, 1.82) is 16.2 Å². The maximum atomic E-state index is 7.27. The minimum Gasteiger partial charge on any atom is -0.463 e. The van der Waals surface area contributed by atoms with E-state index < -0.39 is 0 Å². The van der Waals surface area contributed by atoms with Gasteiger partial charge in [-0.25, -0.2) is 4.98 Å². The van der Waals surface area contributed by atoms with Crippen LogP contribution in [0.4, 0.5) is 5.82 Å². The summed E-state index contributed by atoms with van der Waals surface area (Å²) in [6.07, 6.45) is 2.07. The predicted molar refractivity (Wildman–Crippen MR) is 75.3 cm³/mol. The Kier molecular flexibility index (Phi) is 5.69. The summed E-state index contributed by atoms with van der Waals surface area (Å²) in [4.78, 5) is 7.90. The molecule has 0 unspecified atom stereocenters. The summed E-state index contributed by atoms with van der Waals surface area (Å²) in [7, 11) is 0. The molecular formula is C10H17N9O. The lowest BCUT2D eigenvalue weighted by Crippen LogP contribution is -2.35. The molecule has 10 heteroatoms. The van der Waals surface area contributed by atoms with Crippen LogP contribution < -0.4 is 26.8 Å². The molecule has 0 atom stereocenters. The van der Waals surface area contributed by atoms with E-state index in [1.54, 1.807) is 6.07 Å². The van der Waals surface area contributed by atoms with Gasteiger partial charge in [-0.3, -0.25) is 16.2 Å². The fraction of sp³-hybridized carbons (Fsp3) is 0.300. The largest absolute Gasteiger partial charge is 0.463 e. The number of aromatic nitrogens is 2. The average molecular weight is 279 g/mol. The van der Waals surface area contributed by atoms with E-state index in [1.165, 1.54) is 6.20 Å². The van der Waals surface area contributed by atoms with Gasteiger partial charge in [0.25, 0.3) is 0 Å². The fourth-order valence-electron chi connectivity index (χ4n) is 1.16. The van der Waals surface area contributed by atoms with Crippen molar-refractivity contribution in [2.24, 2.45) is 11.5 Å². The molecule has 0 fully saturated rings. The molecule has 10 nitrogen and oxygen atoms in total. The van der Waals surface area contributed by atoms with Crippen molar-refractivity contribution in [3.63, 3.8) is 0 Å². The van der Waals surface area contributed by atoms with Gasteiger partial charge in [-0.1, -0.05) is 0 Å². The van der Waals surface area contributed by atoms with Crippen LogP contribution >= 0.6 is 0 Å². The Morgan fingerprint density at radius 3 is 2.70 bits per heavy atom. The maximum absolute atomic E-state index is 7.27. The van der Waals surface area contributed by atoms with Gasteiger partial charge in [0.2, 0.25) is 0 Å². The van der Waals surface area contributed by atoms with E-state index >= 15 is 0 Å². The zero-order chi connectivity index (χ0) is 15.0. The number of guanidine groups is 1. The van der Waals surface area contributed by atoms with Crippen LogP contribution in [-0.4, -0.2) is 40.8 Å². The van der Waals surface area contributed by atoms with Crippen molar-refractivity contribution in [3.05, 3.63) is 12.3 Å². The van der Waals surface area contributed by atoms with Gasteiger partial charge in [0.15, 0.2) is 17.6 Å². The molecule has 20 heavy (non-hydrogen) atoms. The highest BCUT2D eigenvalue weighted by Crippen LogP contribution is 2.07. The van der Waals surface area contributed by atoms with Crippen molar-refractivity contribution in [3.8, 4) is 6.01 Å². The molecule has 0 radical (unpaired) electrons. The SMILES string of the molecule is N=C(N)Nc1ccnc(OCCCNC(=N)C(=N)N)n1. The van der Waals surface area contributed by atoms with Crippen LogP contribution in [0.2, 0.25) is 0 Å². The fourth-order valence-corrected chi connectivity index (χ4v) is 1.16. The molecule has 1 aromatic heterocycles. The van der Waals surface area contributed by atoms with E-state index in [2.05, 4.69) is 20.6 Å². The minimum atomic E-state index is -0.308. The number of anilines is 1. The van der Waals surface area contributed by atoms with Crippen molar-refractivity contribution in [2.75, 3.05) is 18.5 Å². The highest BCUT2D eigenvalue weighted by atomic mass is 16.5. The van der Waals surface area contributed by atoms with Crippen LogP contribution in [0.5, 0.6) is 6.01 Å². The monoisotopic (exact) mass is 279 g/mol. The van der Waals surface area contributed by atoms with Crippen LogP contribution in [0.3, 0.4) is 0 Å². The zero-order valence-electron chi connectivity index (χ0n) is 10.7. The third kappa shape index (κ3) is 5.62. The van der Waals surface area contributed by atoms with Crippen molar-refractivity contribution >= 4 is 23.4 Å². The molecule has 0 saturated heterocycles. The number of nitrogens with one attached hydrogen (secondary N) is 5. The first kappa shape index (κ1) is 15.1. The Morgan fingerprint density at radius 2 is 2.05 bits per heavy atom. The van der Waals surface area contributed by atoms with E-state index in [0.29, 0.717) is 25.4 Å². The lowest BCUT2D eigenvalue weighted by atomic mass is 10.4. The van der Waals surface area contributed by atoms with Crippen LogP contribution in [0.1, 0.15) is 6.42 Å². The Hall–Kier alpha value is -2.91. The van der Waals surface area contributed by atoms with Crippen molar-refractivity contribution < 1.29 is 4.74 Å².